The molecule has 0 atom stereocenters. The molecule has 6 nitrogen and oxygen atoms in total. The van der Waals surface area contributed by atoms with Gasteiger partial charge in [-0.25, -0.2) is 8.42 Å². The number of hydrazine groups is 1. The largest absolute Gasteiger partial charge is 0.323 e. The van der Waals surface area contributed by atoms with Gasteiger partial charge in [0, 0.05) is 4.47 Å². The maximum absolute atomic E-state index is 12.4. The summed E-state index contributed by atoms with van der Waals surface area (Å²) in [5, 5.41) is 9.07. The van der Waals surface area contributed by atoms with Crippen molar-refractivity contribution in [3.05, 3.63) is 52.5 Å². The molecule has 2 rings (SSSR count). The average molecular weight is 367 g/mol. The second-order valence-corrected chi connectivity index (χ2v) is 6.61. The van der Waals surface area contributed by atoms with Crippen LogP contribution in [0.1, 0.15) is 5.56 Å². The topological polar surface area (TPSA) is 108 Å². The van der Waals surface area contributed by atoms with Gasteiger partial charge >= 0.3 is 0 Å². The molecule has 108 valence electrons. The number of para-hydroxylation sites is 1. The second kappa shape index (κ2) is 6.13. The first-order valence-electron chi connectivity index (χ1n) is 5.76. The van der Waals surface area contributed by atoms with Gasteiger partial charge < -0.3 is 5.43 Å². The molecule has 2 aromatic rings. The summed E-state index contributed by atoms with van der Waals surface area (Å²) in [5.74, 6) is 5.32. The number of halogens is 1. The van der Waals surface area contributed by atoms with Crippen molar-refractivity contribution in [3.8, 4) is 6.07 Å². The molecule has 0 radical (unpaired) electrons. The number of hydrogen-bond acceptors (Lipinski definition) is 5. The summed E-state index contributed by atoms with van der Waals surface area (Å²) in [6, 6.07) is 12.8. The Balaban J connectivity index is 2.46. The number of sulfonamides is 1. The lowest BCUT2D eigenvalue weighted by Gasteiger charge is -2.12. The Hall–Kier alpha value is -2.08. The zero-order valence-electron chi connectivity index (χ0n) is 10.7. The van der Waals surface area contributed by atoms with E-state index >= 15 is 0 Å². The van der Waals surface area contributed by atoms with E-state index in [-0.39, 0.29) is 21.8 Å². The average Bonchev–Trinajstić information content (AvgIpc) is 2.48. The van der Waals surface area contributed by atoms with Crippen molar-refractivity contribution in [2.24, 2.45) is 5.84 Å². The van der Waals surface area contributed by atoms with E-state index in [1.807, 2.05) is 6.07 Å². The van der Waals surface area contributed by atoms with E-state index in [1.54, 1.807) is 24.3 Å². The normalized spacial score (nSPS) is 10.7. The SMILES string of the molecule is N#Cc1cc(Br)ccc1NS(=O)(=O)c1ccccc1NN. The van der Waals surface area contributed by atoms with Crippen LogP contribution < -0.4 is 16.0 Å². The minimum atomic E-state index is -3.86. The van der Waals surface area contributed by atoms with Crippen LogP contribution >= 0.6 is 15.9 Å². The Bertz CT molecular complexity index is 815. The highest BCUT2D eigenvalue weighted by Gasteiger charge is 2.19. The Kier molecular flexibility index (Phi) is 4.47. The molecule has 0 unspecified atom stereocenters. The molecule has 8 heteroatoms. The standard InChI is InChI=1S/C13H11BrN4O2S/c14-10-5-6-11(9(7-10)8-15)18-21(19,20)13-4-2-1-3-12(13)17-16/h1-7,17-18H,16H2. The number of nitriles is 1. The zero-order chi connectivity index (χ0) is 15.5. The summed E-state index contributed by atoms with van der Waals surface area (Å²) < 4.78 is 27.9. The van der Waals surface area contributed by atoms with E-state index in [9.17, 15) is 8.42 Å². The van der Waals surface area contributed by atoms with E-state index in [2.05, 4.69) is 26.1 Å². The summed E-state index contributed by atoms with van der Waals surface area (Å²) in [6.07, 6.45) is 0. The van der Waals surface area contributed by atoms with Gasteiger partial charge in [-0.15, -0.1) is 0 Å². The van der Waals surface area contributed by atoms with Gasteiger partial charge in [-0.1, -0.05) is 28.1 Å². The molecule has 0 aliphatic carbocycles. The molecule has 0 fully saturated rings. The number of nitrogens with zero attached hydrogens (tertiary/aromatic N) is 1. The lowest BCUT2D eigenvalue weighted by Crippen LogP contribution is -2.18. The smallest absolute Gasteiger partial charge is 0.264 e. The summed E-state index contributed by atoms with van der Waals surface area (Å²) in [6.45, 7) is 0. The maximum atomic E-state index is 12.4. The van der Waals surface area contributed by atoms with Gasteiger partial charge in [0.15, 0.2) is 0 Å². The molecule has 0 aliphatic heterocycles. The molecule has 0 saturated carbocycles. The van der Waals surface area contributed by atoms with E-state index in [1.165, 1.54) is 18.2 Å². The summed E-state index contributed by atoms with van der Waals surface area (Å²) in [5.41, 5.74) is 3.01. The first kappa shape index (κ1) is 15.3. The second-order valence-electron chi connectivity index (χ2n) is 4.05. The van der Waals surface area contributed by atoms with Crippen molar-refractivity contribution in [1.29, 1.82) is 5.26 Å². The molecule has 0 bridgehead atoms. The number of anilines is 2. The van der Waals surface area contributed by atoms with Gasteiger partial charge in [-0.05, 0) is 30.3 Å². The van der Waals surface area contributed by atoms with Crippen molar-refractivity contribution < 1.29 is 8.42 Å². The molecule has 4 N–H and O–H groups in total. The molecule has 0 spiro atoms. The van der Waals surface area contributed by atoms with Crippen LogP contribution in [0.5, 0.6) is 0 Å². The third kappa shape index (κ3) is 3.33. The van der Waals surface area contributed by atoms with E-state index < -0.39 is 10.0 Å². The molecular weight excluding hydrogens is 356 g/mol. The summed E-state index contributed by atoms with van der Waals surface area (Å²) in [7, 11) is -3.86. The molecule has 21 heavy (non-hydrogen) atoms. The van der Waals surface area contributed by atoms with Gasteiger partial charge in [-0.3, -0.25) is 10.6 Å². The highest BCUT2D eigenvalue weighted by atomic mass is 79.9. The van der Waals surface area contributed by atoms with Crippen molar-refractivity contribution in [2.75, 3.05) is 10.1 Å². The van der Waals surface area contributed by atoms with E-state index in [4.69, 9.17) is 11.1 Å². The number of benzene rings is 2. The Morgan fingerprint density at radius 3 is 2.52 bits per heavy atom. The summed E-state index contributed by atoms with van der Waals surface area (Å²) in [4.78, 5) is -0.000640. The molecule has 0 aromatic heterocycles. The van der Waals surface area contributed by atoms with E-state index in [0.29, 0.717) is 4.47 Å². The van der Waals surface area contributed by atoms with Crippen molar-refractivity contribution in [1.82, 2.24) is 0 Å². The third-order valence-electron chi connectivity index (χ3n) is 2.68. The van der Waals surface area contributed by atoms with Crippen LogP contribution in [0, 0.1) is 11.3 Å². The fourth-order valence-corrected chi connectivity index (χ4v) is 3.33. The number of rotatable bonds is 4. The van der Waals surface area contributed by atoms with E-state index in [0.717, 1.165) is 0 Å². The Morgan fingerprint density at radius 1 is 1.14 bits per heavy atom. The third-order valence-corrected chi connectivity index (χ3v) is 4.60. The molecule has 2 aromatic carbocycles. The molecule has 0 heterocycles. The number of hydrogen-bond donors (Lipinski definition) is 3. The monoisotopic (exact) mass is 366 g/mol. The Labute approximate surface area is 130 Å². The predicted octanol–water partition coefficient (Wildman–Crippen LogP) is 2.41. The van der Waals surface area contributed by atoms with Crippen LogP contribution in [0.15, 0.2) is 51.8 Å². The van der Waals surface area contributed by atoms with Crippen LogP contribution in [0.3, 0.4) is 0 Å². The minimum absolute atomic E-state index is 0.000640. The van der Waals surface area contributed by atoms with Crippen LogP contribution in [0.25, 0.3) is 0 Å². The highest BCUT2D eigenvalue weighted by Crippen LogP contribution is 2.26. The first-order chi connectivity index (χ1) is 9.97. The van der Waals surface area contributed by atoms with Crippen LogP contribution in [0.2, 0.25) is 0 Å². The molecule has 0 saturated heterocycles. The van der Waals surface area contributed by atoms with Crippen molar-refractivity contribution in [2.45, 2.75) is 4.90 Å². The molecular formula is C13H11BrN4O2S. The van der Waals surface area contributed by atoms with Gasteiger partial charge in [-0.2, -0.15) is 5.26 Å². The van der Waals surface area contributed by atoms with Gasteiger partial charge in [0.25, 0.3) is 10.0 Å². The lowest BCUT2D eigenvalue weighted by atomic mass is 10.2. The fraction of sp³-hybridized carbons (Fsp3) is 0. The molecule has 0 amide bonds. The number of nitrogens with two attached hydrogens (primary N) is 1. The highest BCUT2D eigenvalue weighted by molar-refractivity contribution is 9.10. The Morgan fingerprint density at radius 2 is 1.86 bits per heavy atom. The molecule has 0 aliphatic rings. The number of nitrogen functional groups attached to an aromatic ring is 1. The predicted molar refractivity (Wildman–Crippen MR) is 83.9 cm³/mol. The van der Waals surface area contributed by atoms with Crippen LogP contribution in [-0.4, -0.2) is 8.42 Å². The quantitative estimate of drug-likeness (QED) is 0.568. The maximum Gasteiger partial charge on any atom is 0.264 e. The zero-order valence-corrected chi connectivity index (χ0v) is 13.1. The summed E-state index contributed by atoms with van der Waals surface area (Å²) >= 11 is 3.23. The minimum Gasteiger partial charge on any atom is -0.323 e. The first-order valence-corrected chi connectivity index (χ1v) is 8.03. The van der Waals surface area contributed by atoms with Crippen LogP contribution in [-0.2, 0) is 10.0 Å². The van der Waals surface area contributed by atoms with Gasteiger partial charge in [0.05, 0.1) is 16.9 Å². The lowest BCUT2D eigenvalue weighted by molar-refractivity contribution is 0.601. The van der Waals surface area contributed by atoms with Crippen molar-refractivity contribution in [3.63, 3.8) is 0 Å². The van der Waals surface area contributed by atoms with Crippen LogP contribution in [0.4, 0.5) is 11.4 Å². The van der Waals surface area contributed by atoms with Gasteiger partial charge in [0.2, 0.25) is 0 Å². The fourth-order valence-electron chi connectivity index (χ4n) is 1.72. The number of nitrogens with one attached hydrogen (secondary N) is 2. The van der Waals surface area contributed by atoms with Crippen molar-refractivity contribution >= 4 is 37.3 Å². The van der Waals surface area contributed by atoms with Gasteiger partial charge in [0.1, 0.15) is 11.0 Å².